The van der Waals surface area contributed by atoms with Crippen LogP contribution < -0.4 is 5.32 Å². The minimum Gasteiger partial charge on any atom is -0.361 e. The fourth-order valence-electron chi connectivity index (χ4n) is 1.83. The number of rotatable bonds is 4. The van der Waals surface area contributed by atoms with Crippen LogP contribution in [-0.4, -0.2) is 22.7 Å². The molecule has 1 saturated heterocycles. The molecule has 0 unspecified atom stereocenters. The fraction of sp³-hybridized carbons (Fsp3) is 0.750. The van der Waals surface area contributed by atoms with Crippen LogP contribution >= 0.6 is 11.8 Å². The maximum Gasteiger partial charge on any atom is 0.139 e. The Morgan fingerprint density at radius 2 is 2.50 bits per heavy atom. The first-order valence-corrected chi connectivity index (χ1v) is 7.18. The summed E-state index contributed by atoms with van der Waals surface area (Å²) < 4.78 is 5.27. The summed E-state index contributed by atoms with van der Waals surface area (Å²) in [4.78, 5) is 0. The molecular formula is C12H20N2OS. The third-order valence-electron chi connectivity index (χ3n) is 2.88. The van der Waals surface area contributed by atoms with Crippen molar-refractivity contribution in [2.24, 2.45) is 0 Å². The lowest BCUT2D eigenvalue weighted by Crippen LogP contribution is -2.33. The van der Waals surface area contributed by atoms with Crippen LogP contribution in [0, 0.1) is 0 Å². The van der Waals surface area contributed by atoms with Gasteiger partial charge in [-0.05, 0) is 18.6 Å². The van der Waals surface area contributed by atoms with E-state index >= 15 is 0 Å². The lowest BCUT2D eigenvalue weighted by Gasteiger charge is -2.21. The summed E-state index contributed by atoms with van der Waals surface area (Å²) in [7, 11) is 0. The molecule has 1 aliphatic rings. The van der Waals surface area contributed by atoms with Gasteiger partial charge in [0.15, 0.2) is 0 Å². The zero-order valence-electron chi connectivity index (χ0n) is 10.0. The Labute approximate surface area is 101 Å². The van der Waals surface area contributed by atoms with E-state index in [9.17, 15) is 0 Å². The molecule has 4 heteroatoms. The van der Waals surface area contributed by atoms with E-state index in [1.54, 1.807) is 0 Å². The SMILES string of the molecule is CC(C)c1cc(CN[C@H]2CCCSC2)no1. The van der Waals surface area contributed by atoms with E-state index in [2.05, 4.69) is 30.4 Å². The normalized spacial score (nSPS) is 21.6. The second-order valence-electron chi connectivity index (χ2n) is 4.67. The Bertz CT molecular complexity index is 319. The van der Waals surface area contributed by atoms with Gasteiger partial charge in [0, 0.05) is 30.3 Å². The fourth-order valence-corrected chi connectivity index (χ4v) is 2.94. The van der Waals surface area contributed by atoms with Crippen molar-refractivity contribution in [3.63, 3.8) is 0 Å². The minimum atomic E-state index is 0.423. The summed E-state index contributed by atoms with van der Waals surface area (Å²) in [5.74, 6) is 3.95. The Kier molecular flexibility index (Phi) is 4.29. The number of nitrogens with zero attached hydrogens (tertiary/aromatic N) is 1. The van der Waals surface area contributed by atoms with E-state index in [-0.39, 0.29) is 0 Å². The summed E-state index contributed by atoms with van der Waals surface area (Å²) in [6, 6.07) is 2.71. The van der Waals surface area contributed by atoms with Crippen molar-refractivity contribution in [1.82, 2.24) is 10.5 Å². The lowest BCUT2D eigenvalue weighted by atomic mass is 10.1. The third kappa shape index (κ3) is 3.25. The van der Waals surface area contributed by atoms with Gasteiger partial charge in [-0.3, -0.25) is 0 Å². The topological polar surface area (TPSA) is 38.1 Å². The molecule has 1 fully saturated rings. The number of hydrogen-bond donors (Lipinski definition) is 1. The van der Waals surface area contributed by atoms with E-state index in [1.165, 1.54) is 24.3 Å². The molecule has 90 valence electrons. The Morgan fingerprint density at radius 3 is 3.12 bits per heavy atom. The molecule has 3 nitrogen and oxygen atoms in total. The molecule has 0 aromatic carbocycles. The highest BCUT2D eigenvalue weighted by Gasteiger charge is 2.14. The maximum atomic E-state index is 5.27. The van der Waals surface area contributed by atoms with E-state index < -0.39 is 0 Å². The predicted octanol–water partition coefficient (Wildman–Crippen LogP) is 2.78. The molecule has 0 spiro atoms. The molecule has 1 N–H and O–H groups in total. The number of aromatic nitrogens is 1. The van der Waals surface area contributed by atoms with Crippen molar-refractivity contribution in [3.8, 4) is 0 Å². The largest absolute Gasteiger partial charge is 0.361 e. The Morgan fingerprint density at radius 1 is 1.62 bits per heavy atom. The van der Waals surface area contributed by atoms with Crippen LogP contribution in [0.25, 0.3) is 0 Å². The molecule has 0 saturated carbocycles. The van der Waals surface area contributed by atoms with Crippen molar-refractivity contribution in [3.05, 3.63) is 17.5 Å². The molecule has 16 heavy (non-hydrogen) atoms. The van der Waals surface area contributed by atoms with Gasteiger partial charge in [0.1, 0.15) is 5.76 Å². The van der Waals surface area contributed by atoms with Gasteiger partial charge >= 0.3 is 0 Å². The van der Waals surface area contributed by atoms with Crippen LogP contribution in [0.5, 0.6) is 0 Å². The van der Waals surface area contributed by atoms with Crippen molar-refractivity contribution in [2.45, 2.75) is 45.2 Å². The molecular weight excluding hydrogens is 220 g/mol. The number of hydrogen-bond acceptors (Lipinski definition) is 4. The Balaban J connectivity index is 1.79. The molecule has 1 aromatic rings. The van der Waals surface area contributed by atoms with Crippen LogP contribution in [0.15, 0.2) is 10.6 Å². The second-order valence-corrected chi connectivity index (χ2v) is 5.82. The van der Waals surface area contributed by atoms with E-state index in [0.29, 0.717) is 12.0 Å². The van der Waals surface area contributed by atoms with E-state index in [1.807, 2.05) is 11.8 Å². The highest BCUT2D eigenvalue weighted by atomic mass is 32.2. The van der Waals surface area contributed by atoms with Gasteiger partial charge in [-0.2, -0.15) is 11.8 Å². The van der Waals surface area contributed by atoms with Crippen LogP contribution in [0.1, 0.15) is 44.1 Å². The summed E-state index contributed by atoms with van der Waals surface area (Å²) in [6.45, 7) is 5.08. The number of nitrogens with one attached hydrogen (secondary N) is 1. The van der Waals surface area contributed by atoms with Gasteiger partial charge < -0.3 is 9.84 Å². The smallest absolute Gasteiger partial charge is 0.139 e. The van der Waals surface area contributed by atoms with Gasteiger partial charge in [0.05, 0.1) is 5.69 Å². The summed E-state index contributed by atoms with van der Waals surface area (Å²) in [5, 5.41) is 7.62. The molecule has 1 aliphatic heterocycles. The number of thioether (sulfide) groups is 1. The molecule has 0 bridgehead atoms. The van der Waals surface area contributed by atoms with Gasteiger partial charge in [0.25, 0.3) is 0 Å². The monoisotopic (exact) mass is 240 g/mol. The lowest BCUT2D eigenvalue weighted by molar-refractivity contribution is 0.362. The van der Waals surface area contributed by atoms with Crippen molar-refractivity contribution >= 4 is 11.8 Å². The quantitative estimate of drug-likeness (QED) is 0.878. The second kappa shape index (κ2) is 5.73. The van der Waals surface area contributed by atoms with Crippen LogP contribution in [-0.2, 0) is 6.54 Å². The van der Waals surface area contributed by atoms with Crippen molar-refractivity contribution < 1.29 is 4.52 Å². The van der Waals surface area contributed by atoms with Crippen LogP contribution in [0.2, 0.25) is 0 Å². The van der Waals surface area contributed by atoms with Gasteiger partial charge in [-0.1, -0.05) is 19.0 Å². The predicted molar refractivity (Wildman–Crippen MR) is 67.8 cm³/mol. The van der Waals surface area contributed by atoms with Crippen LogP contribution in [0.3, 0.4) is 0 Å². The molecule has 0 radical (unpaired) electrons. The molecule has 0 aliphatic carbocycles. The first-order chi connectivity index (χ1) is 7.75. The zero-order valence-corrected chi connectivity index (χ0v) is 10.8. The maximum absolute atomic E-state index is 5.27. The molecule has 0 amide bonds. The van der Waals surface area contributed by atoms with Gasteiger partial charge in [-0.25, -0.2) is 0 Å². The van der Waals surface area contributed by atoms with Crippen molar-refractivity contribution in [1.29, 1.82) is 0 Å². The first-order valence-electron chi connectivity index (χ1n) is 6.02. The van der Waals surface area contributed by atoms with Gasteiger partial charge in [0.2, 0.25) is 0 Å². The van der Waals surface area contributed by atoms with Crippen molar-refractivity contribution in [2.75, 3.05) is 11.5 Å². The highest BCUT2D eigenvalue weighted by molar-refractivity contribution is 7.99. The third-order valence-corrected chi connectivity index (χ3v) is 4.09. The summed E-state index contributed by atoms with van der Waals surface area (Å²) in [5.41, 5.74) is 1.03. The molecule has 2 rings (SSSR count). The summed E-state index contributed by atoms with van der Waals surface area (Å²) in [6.07, 6.45) is 2.63. The molecule has 1 aromatic heterocycles. The average Bonchev–Trinajstić information content (AvgIpc) is 2.76. The highest BCUT2D eigenvalue weighted by Crippen LogP contribution is 2.18. The zero-order chi connectivity index (χ0) is 11.4. The average molecular weight is 240 g/mol. The van der Waals surface area contributed by atoms with Crippen LogP contribution in [0.4, 0.5) is 0 Å². The minimum absolute atomic E-state index is 0.423. The Hall–Kier alpha value is -0.480. The van der Waals surface area contributed by atoms with E-state index in [0.717, 1.165) is 18.0 Å². The molecule has 1 atom stereocenters. The van der Waals surface area contributed by atoms with Gasteiger partial charge in [-0.15, -0.1) is 0 Å². The van der Waals surface area contributed by atoms with E-state index in [4.69, 9.17) is 4.52 Å². The standard InChI is InChI=1S/C12H20N2OS/c1-9(2)12-6-11(14-15-12)7-13-10-4-3-5-16-8-10/h6,9-10,13H,3-5,7-8H2,1-2H3/t10-/m0/s1. The summed E-state index contributed by atoms with van der Waals surface area (Å²) >= 11 is 2.04. The first kappa shape index (κ1) is 12.0. The molecule has 2 heterocycles.